The summed E-state index contributed by atoms with van der Waals surface area (Å²) in [5, 5.41) is 7.21. The topological polar surface area (TPSA) is 97.2 Å². The Morgan fingerprint density at radius 3 is 2.55 bits per heavy atom. The fraction of sp³-hybridized carbons (Fsp3) is 0.0952. The van der Waals surface area contributed by atoms with Gasteiger partial charge in [0, 0.05) is 22.5 Å². The van der Waals surface area contributed by atoms with Crippen LogP contribution in [0.5, 0.6) is 0 Å². The van der Waals surface area contributed by atoms with Crippen molar-refractivity contribution in [2.24, 2.45) is 0 Å². The van der Waals surface area contributed by atoms with Crippen molar-refractivity contribution < 1.29 is 18.8 Å². The third kappa shape index (κ3) is 3.93. The van der Waals surface area contributed by atoms with Gasteiger partial charge >= 0.3 is 5.97 Å². The Balaban J connectivity index is 1.63. The number of amides is 1. The second-order valence-electron chi connectivity index (χ2n) is 6.37. The number of nitrogens with zero attached hydrogens (tertiary/aromatic N) is 1. The van der Waals surface area contributed by atoms with Crippen LogP contribution >= 0.6 is 15.9 Å². The van der Waals surface area contributed by atoms with Gasteiger partial charge in [0.05, 0.1) is 4.47 Å². The van der Waals surface area contributed by atoms with Gasteiger partial charge in [0.1, 0.15) is 11.5 Å². The zero-order valence-electron chi connectivity index (χ0n) is 15.3. The van der Waals surface area contributed by atoms with E-state index >= 15 is 0 Å². The number of hydrogen-bond donors (Lipinski definition) is 2. The van der Waals surface area contributed by atoms with E-state index in [9.17, 15) is 9.59 Å². The van der Waals surface area contributed by atoms with Crippen molar-refractivity contribution in [2.75, 3.05) is 5.32 Å². The van der Waals surface area contributed by atoms with Gasteiger partial charge in [0.15, 0.2) is 5.82 Å². The predicted molar refractivity (Wildman–Crippen MR) is 110 cm³/mol. The molecule has 2 N–H and O–H groups in total. The zero-order valence-corrected chi connectivity index (χ0v) is 16.9. The molecule has 0 aliphatic carbocycles. The van der Waals surface area contributed by atoms with Crippen LogP contribution < -0.4 is 5.32 Å². The molecule has 0 fully saturated rings. The first-order valence-electron chi connectivity index (χ1n) is 8.79. The van der Waals surface area contributed by atoms with Crippen molar-refractivity contribution in [3.05, 3.63) is 82.2 Å². The summed E-state index contributed by atoms with van der Waals surface area (Å²) in [6, 6.07) is 17.8. The van der Waals surface area contributed by atoms with Crippen LogP contribution in [0.4, 0.5) is 5.82 Å². The van der Waals surface area contributed by atoms with Crippen LogP contribution in [0.3, 0.4) is 0 Å². The van der Waals surface area contributed by atoms with E-state index in [4.69, 9.17) is 9.26 Å². The van der Waals surface area contributed by atoms with Gasteiger partial charge in [-0.05, 0) is 28.9 Å². The number of para-hydroxylation sites is 1. The quantitative estimate of drug-likeness (QED) is 0.424. The summed E-state index contributed by atoms with van der Waals surface area (Å²) < 4.78 is 11.2. The fourth-order valence-electron chi connectivity index (χ4n) is 2.93. The number of aromatic amines is 1. The number of carbonyl (C=O) groups is 2. The van der Waals surface area contributed by atoms with E-state index in [0.717, 1.165) is 10.9 Å². The Labute approximate surface area is 174 Å². The highest BCUT2D eigenvalue weighted by Crippen LogP contribution is 2.30. The molecule has 29 heavy (non-hydrogen) atoms. The summed E-state index contributed by atoms with van der Waals surface area (Å²) in [6.07, 6.45) is -1.17. The Bertz CT molecular complexity index is 1180. The molecule has 0 bridgehead atoms. The van der Waals surface area contributed by atoms with Crippen molar-refractivity contribution in [2.45, 2.75) is 13.0 Å². The Morgan fingerprint density at radius 2 is 1.86 bits per heavy atom. The molecule has 8 heteroatoms. The summed E-state index contributed by atoms with van der Waals surface area (Å²) in [6.45, 7) is 1.71. The summed E-state index contributed by atoms with van der Waals surface area (Å²) in [5.41, 5.74) is 1.55. The predicted octanol–water partition coefficient (Wildman–Crippen LogP) is 4.76. The summed E-state index contributed by atoms with van der Waals surface area (Å²) in [5.74, 6) is -0.398. The molecule has 7 nitrogen and oxygen atoms in total. The normalized spacial score (nSPS) is 11.9. The van der Waals surface area contributed by atoms with Gasteiger partial charge in [-0.1, -0.05) is 53.7 Å². The van der Waals surface area contributed by atoms with Crippen molar-refractivity contribution in [3.63, 3.8) is 0 Å². The number of ether oxygens (including phenoxy) is 1. The molecular weight excluding hydrogens is 438 g/mol. The molecule has 2 heterocycles. The first-order chi connectivity index (χ1) is 14.0. The molecule has 1 atom stereocenters. The molecular formula is C21H16BrN3O4. The SMILES string of the molecule is Cc1cc(NC(=O)C(OC(=O)c2[nH]c3ccccc3c2Br)c2ccccc2)no1. The molecule has 0 spiro atoms. The van der Waals surface area contributed by atoms with Gasteiger partial charge in [-0.25, -0.2) is 4.79 Å². The minimum Gasteiger partial charge on any atom is -0.443 e. The highest BCUT2D eigenvalue weighted by molar-refractivity contribution is 9.10. The van der Waals surface area contributed by atoms with Crippen molar-refractivity contribution >= 4 is 44.5 Å². The van der Waals surface area contributed by atoms with Crippen LogP contribution in [-0.4, -0.2) is 22.0 Å². The van der Waals surface area contributed by atoms with Crippen LogP contribution in [0.25, 0.3) is 10.9 Å². The molecule has 0 aliphatic rings. The standard InChI is InChI=1S/C21H16BrN3O4/c1-12-11-16(25-29-12)24-20(26)19(13-7-3-2-4-8-13)28-21(27)18-17(22)14-9-5-6-10-15(14)23-18/h2-11,19,23H,1H3,(H,24,25,26). The molecule has 1 amide bonds. The second-order valence-corrected chi connectivity index (χ2v) is 7.16. The zero-order chi connectivity index (χ0) is 20.4. The summed E-state index contributed by atoms with van der Waals surface area (Å²) >= 11 is 3.44. The number of hydrogen-bond acceptors (Lipinski definition) is 5. The van der Waals surface area contributed by atoms with E-state index < -0.39 is 18.0 Å². The average molecular weight is 454 g/mol. The number of rotatable bonds is 5. The fourth-order valence-corrected chi connectivity index (χ4v) is 3.54. The van der Waals surface area contributed by atoms with E-state index in [0.29, 0.717) is 15.8 Å². The van der Waals surface area contributed by atoms with Gasteiger partial charge in [0.2, 0.25) is 6.10 Å². The molecule has 1 unspecified atom stereocenters. The van der Waals surface area contributed by atoms with Crippen molar-refractivity contribution in [1.82, 2.24) is 10.1 Å². The average Bonchev–Trinajstić information content (AvgIpc) is 3.29. The minimum absolute atomic E-state index is 0.234. The molecule has 146 valence electrons. The first kappa shape index (κ1) is 18.9. The van der Waals surface area contributed by atoms with Gasteiger partial charge < -0.3 is 19.6 Å². The summed E-state index contributed by atoms with van der Waals surface area (Å²) in [4.78, 5) is 28.8. The van der Waals surface area contributed by atoms with Crippen LogP contribution in [0.1, 0.15) is 27.9 Å². The van der Waals surface area contributed by atoms with Crippen LogP contribution in [0, 0.1) is 6.92 Å². The van der Waals surface area contributed by atoms with E-state index in [1.807, 2.05) is 30.3 Å². The van der Waals surface area contributed by atoms with E-state index in [2.05, 4.69) is 31.4 Å². The molecule has 0 radical (unpaired) electrons. The Morgan fingerprint density at radius 1 is 1.14 bits per heavy atom. The van der Waals surface area contributed by atoms with Gasteiger partial charge in [-0.15, -0.1) is 0 Å². The highest BCUT2D eigenvalue weighted by Gasteiger charge is 2.28. The van der Waals surface area contributed by atoms with Crippen LogP contribution in [0.2, 0.25) is 0 Å². The lowest BCUT2D eigenvalue weighted by Crippen LogP contribution is -2.26. The largest absolute Gasteiger partial charge is 0.443 e. The maximum atomic E-state index is 12.9. The Kier molecular flexibility index (Phi) is 5.18. The highest BCUT2D eigenvalue weighted by atomic mass is 79.9. The lowest BCUT2D eigenvalue weighted by atomic mass is 10.1. The number of esters is 1. The molecule has 0 saturated heterocycles. The van der Waals surface area contributed by atoms with Crippen molar-refractivity contribution in [1.29, 1.82) is 0 Å². The van der Waals surface area contributed by atoms with Gasteiger partial charge in [-0.2, -0.15) is 0 Å². The third-order valence-electron chi connectivity index (χ3n) is 4.29. The van der Waals surface area contributed by atoms with Crippen LogP contribution in [0.15, 0.2) is 69.7 Å². The molecule has 0 saturated carbocycles. The molecule has 2 aromatic heterocycles. The van der Waals surface area contributed by atoms with Gasteiger partial charge in [-0.3, -0.25) is 4.79 Å². The van der Waals surface area contributed by atoms with E-state index in [-0.39, 0.29) is 11.5 Å². The molecule has 4 rings (SSSR count). The maximum absolute atomic E-state index is 12.9. The third-order valence-corrected chi connectivity index (χ3v) is 5.12. The van der Waals surface area contributed by atoms with Crippen LogP contribution in [-0.2, 0) is 9.53 Å². The Hall–Kier alpha value is -3.39. The number of aromatic nitrogens is 2. The number of fused-ring (bicyclic) bond motifs is 1. The first-order valence-corrected chi connectivity index (χ1v) is 9.58. The minimum atomic E-state index is -1.17. The number of H-pyrrole nitrogens is 1. The molecule has 2 aromatic carbocycles. The second kappa shape index (κ2) is 7.92. The number of aryl methyl sites for hydroxylation is 1. The van der Waals surface area contributed by atoms with E-state index in [1.165, 1.54) is 0 Å². The number of anilines is 1. The van der Waals surface area contributed by atoms with Crippen molar-refractivity contribution in [3.8, 4) is 0 Å². The number of nitrogens with one attached hydrogen (secondary N) is 2. The number of benzene rings is 2. The smallest absolute Gasteiger partial charge is 0.357 e. The van der Waals surface area contributed by atoms with Gasteiger partial charge in [0.25, 0.3) is 5.91 Å². The number of halogens is 1. The maximum Gasteiger partial charge on any atom is 0.357 e. The van der Waals surface area contributed by atoms with E-state index in [1.54, 1.807) is 37.3 Å². The monoisotopic (exact) mass is 453 g/mol. The molecule has 4 aromatic rings. The number of carbonyl (C=O) groups excluding carboxylic acids is 2. The lowest BCUT2D eigenvalue weighted by Gasteiger charge is -2.17. The molecule has 0 aliphatic heterocycles. The summed E-state index contributed by atoms with van der Waals surface area (Å²) in [7, 11) is 0. The lowest BCUT2D eigenvalue weighted by molar-refractivity contribution is -0.125.